The number of nitrogens with one attached hydrogen (secondary N) is 1. The molecule has 0 radical (unpaired) electrons. The van der Waals surface area contributed by atoms with E-state index in [1.54, 1.807) is 6.92 Å². The van der Waals surface area contributed by atoms with E-state index in [-0.39, 0.29) is 10.6 Å². The van der Waals surface area contributed by atoms with E-state index in [0.717, 1.165) is 12.7 Å². The molecule has 1 aliphatic carbocycles. The van der Waals surface area contributed by atoms with Gasteiger partial charge >= 0.3 is 0 Å². The average Bonchev–Trinajstić information content (AvgIpc) is 2.31. The maximum atomic E-state index is 11.2. The van der Waals surface area contributed by atoms with Gasteiger partial charge < -0.3 is 5.32 Å². The molecule has 0 bridgehead atoms. The summed E-state index contributed by atoms with van der Waals surface area (Å²) in [5.41, 5.74) is 0.553. The van der Waals surface area contributed by atoms with Gasteiger partial charge in [-0.15, -0.1) is 0 Å². The van der Waals surface area contributed by atoms with Crippen LogP contribution in [0.25, 0.3) is 0 Å². The average molecular weight is 282 g/mol. The van der Waals surface area contributed by atoms with Crippen LogP contribution in [0.4, 0.5) is 5.82 Å². The highest BCUT2D eigenvalue weighted by Crippen LogP contribution is 2.37. The van der Waals surface area contributed by atoms with Crippen molar-refractivity contribution in [2.75, 3.05) is 5.32 Å². The first kappa shape index (κ1) is 14.3. The third-order valence-corrected chi connectivity index (χ3v) is 4.24. The monoisotopic (exact) mass is 281 g/mol. The zero-order chi connectivity index (χ0) is 14.0. The number of hydrogen-bond donors (Lipinski definition) is 1. The van der Waals surface area contributed by atoms with Crippen LogP contribution in [-0.4, -0.2) is 22.3 Å². The minimum Gasteiger partial charge on any atom is -0.366 e. The second kappa shape index (κ2) is 5.45. The van der Waals surface area contributed by atoms with E-state index in [1.165, 1.54) is 19.3 Å². The van der Waals surface area contributed by atoms with Crippen LogP contribution in [0.15, 0.2) is 0 Å². The summed E-state index contributed by atoms with van der Waals surface area (Å²) in [5.74, 6) is 1.14. The second-order valence-corrected chi connectivity index (χ2v) is 6.23. The fraction of sp³-hybridized carbons (Fsp3) is 0.643. The summed E-state index contributed by atoms with van der Waals surface area (Å²) in [6.45, 7) is 6.28. The largest absolute Gasteiger partial charge is 0.366 e. The molecule has 1 unspecified atom stereocenters. The third-order valence-electron chi connectivity index (χ3n) is 3.95. The first-order chi connectivity index (χ1) is 8.94. The molecule has 0 aliphatic heterocycles. The molecule has 0 saturated heterocycles. The number of aryl methyl sites for hydroxylation is 1. The molecule has 0 spiro atoms. The summed E-state index contributed by atoms with van der Waals surface area (Å²) in [4.78, 5) is 19.5. The number of anilines is 1. The van der Waals surface area contributed by atoms with Crippen molar-refractivity contribution >= 4 is 23.7 Å². The molecule has 104 valence electrons. The Morgan fingerprint density at radius 1 is 1.37 bits per heavy atom. The fourth-order valence-corrected chi connectivity index (χ4v) is 2.94. The molecule has 1 atom stereocenters. The highest BCUT2D eigenvalue weighted by Gasteiger charge is 2.33. The van der Waals surface area contributed by atoms with Gasteiger partial charge in [0.2, 0.25) is 0 Å². The lowest BCUT2D eigenvalue weighted by molar-refractivity contribution is 0.112. The quantitative estimate of drug-likeness (QED) is 0.679. The zero-order valence-electron chi connectivity index (χ0n) is 11.7. The number of hydrogen-bond acceptors (Lipinski definition) is 4. The molecule has 2 rings (SSSR count). The molecule has 0 aromatic carbocycles. The van der Waals surface area contributed by atoms with Gasteiger partial charge in [-0.25, -0.2) is 9.97 Å². The standard InChI is InChI=1S/C14H20ClN3O/c1-9-16-12(15)10(8-19)13(17-9)18-11-6-4-5-7-14(11,2)3/h8,11H,4-7H2,1-3H3,(H,16,17,18). The summed E-state index contributed by atoms with van der Waals surface area (Å²) < 4.78 is 0. The lowest BCUT2D eigenvalue weighted by Gasteiger charge is -2.39. The first-order valence-electron chi connectivity index (χ1n) is 6.70. The fourth-order valence-electron chi connectivity index (χ4n) is 2.69. The Labute approximate surface area is 119 Å². The highest BCUT2D eigenvalue weighted by molar-refractivity contribution is 6.32. The Bertz CT molecular complexity index is 488. The van der Waals surface area contributed by atoms with Crippen molar-refractivity contribution in [2.24, 2.45) is 5.41 Å². The number of aldehydes is 1. The van der Waals surface area contributed by atoms with E-state index in [9.17, 15) is 4.79 Å². The van der Waals surface area contributed by atoms with Crippen molar-refractivity contribution in [3.05, 3.63) is 16.5 Å². The molecule has 4 nitrogen and oxygen atoms in total. The van der Waals surface area contributed by atoms with Gasteiger partial charge in [0.1, 0.15) is 16.8 Å². The SMILES string of the molecule is Cc1nc(Cl)c(C=O)c(NC2CCCCC2(C)C)n1. The summed E-state index contributed by atoms with van der Waals surface area (Å²) in [6, 6.07) is 0.310. The summed E-state index contributed by atoms with van der Waals surface area (Å²) >= 11 is 6.00. The van der Waals surface area contributed by atoms with E-state index in [4.69, 9.17) is 11.6 Å². The number of nitrogens with zero attached hydrogens (tertiary/aromatic N) is 2. The van der Waals surface area contributed by atoms with Crippen LogP contribution in [0.3, 0.4) is 0 Å². The third kappa shape index (κ3) is 3.06. The molecule has 1 fully saturated rings. The van der Waals surface area contributed by atoms with Gasteiger partial charge in [0.15, 0.2) is 6.29 Å². The van der Waals surface area contributed by atoms with Gasteiger partial charge in [-0.05, 0) is 25.2 Å². The zero-order valence-corrected chi connectivity index (χ0v) is 12.4. The maximum absolute atomic E-state index is 11.2. The molecular weight excluding hydrogens is 262 g/mol. The number of carbonyl (C=O) groups excluding carboxylic acids is 1. The molecule has 1 aliphatic rings. The normalized spacial score (nSPS) is 22.0. The Hall–Kier alpha value is -1.16. The molecule has 19 heavy (non-hydrogen) atoms. The van der Waals surface area contributed by atoms with Gasteiger partial charge in [0, 0.05) is 6.04 Å². The second-order valence-electron chi connectivity index (χ2n) is 5.87. The van der Waals surface area contributed by atoms with Crippen LogP contribution in [-0.2, 0) is 0 Å². The highest BCUT2D eigenvalue weighted by atomic mass is 35.5. The van der Waals surface area contributed by atoms with E-state index >= 15 is 0 Å². The maximum Gasteiger partial charge on any atom is 0.156 e. The minimum atomic E-state index is 0.198. The number of aromatic nitrogens is 2. The van der Waals surface area contributed by atoms with Crippen molar-refractivity contribution in [2.45, 2.75) is 52.5 Å². The van der Waals surface area contributed by atoms with Crippen LogP contribution in [0.1, 0.15) is 55.7 Å². The molecule has 1 aromatic heterocycles. The van der Waals surface area contributed by atoms with Crippen LogP contribution < -0.4 is 5.32 Å². The van der Waals surface area contributed by atoms with Crippen molar-refractivity contribution in [1.82, 2.24) is 9.97 Å². The molecule has 1 N–H and O–H groups in total. The molecule has 1 heterocycles. The Morgan fingerprint density at radius 2 is 2.11 bits per heavy atom. The predicted octanol–water partition coefficient (Wildman–Crippen LogP) is 3.63. The molecular formula is C14H20ClN3O. The van der Waals surface area contributed by atoms with Crippen molar-refractivity contribution in [3.8, 4) is 0 Å². The Kier molecular flexibility index (Phi) is 4.09. The lowest BCUT2D eigenvalue weighted by atomic mass is 9.73. The van der Waals surface area contributed by atoms with E-state index in [0.29, 0.717) is 23.2 Å². The smallest absolute Gasteiger partial charge is 0.156 e. The van der Waals surface area contributed by atoms with Crippen LogP contribution in [0.2, 0.25) is 5.15 Å². The Morgan fingerprint density at radius 3 is 2.74 bits per heavy atom. The van der Waals surface area contributed by atoms with E-state index in [1.807, 2.05) is 0 Å². The van der Waals surface area contributed by atoms with Crippen LogP contribution >= 0.6 is 11.6 Å². The molecule has 1 aromatic rings. The first-order valence-corrected chi connectivity index (χ1v) is 7.07. The summed E-state index contributed by atoms with van der Waals surface area (Å²) in [7, 11) is 0. The van der Waals surface area contributed by atoms with Crippen LogP contribution in [0.5, 0.6) is 0 Å². The summed E-state index contributed by atoms with van der Waals surface area (Å²) in [5, 5.41) is 3.63. The molecule has 0 amide bonds. The summed E-state index contributed by atoms with van der Waals surface area (Å²) in [6.07, 6.45) is 5.45. The van der Waals surface area contributed by atoms with Gasteiger partial charge in [0.05, 0.1) is 5.56 Å². The van der Waals surface area contributed by atoms with E-state index < -0.39 is 0 Å². The number of carbonyl (C=O) groups is 1. The number of rotatable bonds is 3. The Balaban J connectivity index is 2.30. The molecule has 5 heteroatoms. The van der Waals surface area contributed by atoms with Crippen molar-refractivity contribution < 1.29 is 4.79 Å². The minimum absolute atomic E-state index is 0.198. The predicted molar refractivity (Wildman–Crippen MR) is 76.8 cm³/mol. The van der Waals surface area contributed by atoms with Gasteiger partial charge in [-0.3, -0.25) is 4.79 Å². The van der Waals surface area contributed by atoms with Crippen molar-refractivity contribution in [3.63, 3.8) is 0 Å². The van der Waals surface area contributed by atoms with Gasteiger partial charge in [0.25, 0.3) is 0 Å². The lowest BCUT2D eigenvalue weighted by Crippen LogP contribution is -2.39. The topological polar surface area (TPSA) is 54.9 Å². The van der Waals surface area contributed by atoms with Crippen LogP contribution in [0, 0.1) is 12.3 Å². The van der Waals surface area contributed by atoms with E-state index in [2.05, 4.69) is 29.1 Å². The van der Waals surface area contributed by atoms with Crippen molar-refractivity contribution in [1.29, 1.82) is 0 Å². The molecule has 1 saturated carbocycles. The number of halogens is 1. The van der Waals surface area contributed by atoms with Gasteiger partial charge in [-0.2, -0.15) is 0 Å². The van der Waals surface area contributed by atoms with Gasteiger partial charge in [-0.1, -0.05) is 38.3 Å².